The number of carbonyl (C=O) groups excluding carboxylic acids is 1. The molecule has 1 aliphatic rings. The highest BCUT2D eigenvalue weighted by Gasteiger charge is 2.24. The molecule has 1 aliphatic heterocycles. The summed E-state index contributed by atoms with van der Waals surface area (Å²) in [5, 5.41) is 13.1. The van der Waals surface area contributed by atoms with Gasteiger partial charge in [0.1, 0.15) is 0 Å². The molecule has 19 heavy (non-hydrogen) atoms. The molecule has 2 atom stereocenters. The number of hydrogen-bond acceptors (Lipinski definition) is 3. The molecule has 5 heteroatoms. The summed E-state index contributed by atoms with van der Waals surface area (Å²) in [6.45, 7) is 4.90. The summed E-state index contributed by atoms with van der Waals surface area (Å²) >= 11 is 6.27. The molecule has 1 amide bonds. The molecule has 0 spiro atoms. The minimum absolute atomic E-state index is 0.00222. The normalized spacial score (nSPS) is 20.4. The molecule has 0 aromatic heterocycles. The molecule has 2 N–H and O–H groups in total. The van der Waals surface area contributed by atoms with Crippen LogP contribution in [0.4, 0.5) is 5.69 Å². The Morgan fingerprint density at radius 2 is 2.32 bits per heavy atom. The van der Waals surface area contributed by atoms with Crippen LogP contribution >= 0.6 is 11.6 Å². The number of anilines is 1. The molecule has 4 nitrogen and oxygen atoms in total. The lowest BCUT2D eigenvalue weighted by Gasteiger charge is -2.21. The molecule has 104 valence electrons. The Bertz CT molecular complexity index is 477. The number of halogens is 1. The van der Waals surface area contributed by atoms with Crippen molar-refractivity contribution in [2.24, 2.45) is 0 Å². The van der Waals surface area contributed by atoms with Gasteiger partial charge in [-0.05, 0) is 31.0 Å². The fourth-order valence-electron chi connectivity index (χ4n) is 2.42. The fourth-order valence-corrected chi connectivity index (χ4v) is 2.73. The second-order valence-electron chi connectivity index (χ2n) is 5.02. The van der Waals surface area contributed by atoms with Crippen LogP contribution in [0.2, 0.25) is 5.02 Å². The fraction of sp³-hybridized carbons (Fsp3) is 0.500. The van der Waals surface area contributed by atoms with E-state index in [9.17, 15) is 9.90 Å². The van der Waals surface area contributed by atoms with Gasteiger partial charge in [-0.1, -0.05) is 17.7 Å². The van der Waals surface area contributed by atoms with Crippen LogP contribution in [0.1, 0.15) is 31.9 Å². The molecule has 0 bridgehead atoms. The first-order valence-corrected chi connectivity index (χ1v) is 6.84. The Hall–Kier alpha value is -1.26. The predicted octanol–water partition coefficient (Wildman–Crippen LogP) is 2.11. The number of rotatable bonds is 3. The Balaban J connectivity index is 2.09. The number of nitrogens with zero attached hydrogens (tertiary/aromatic N) is 1. The van der Waals surface area contributed by atoms with Gasteiger partial charge in [-0.25, -0.2) is 0 Å². The van der Waals surface area contributed by atoms with Gasteiger partial charge in [0.05, 0.1) is 16.8 Å². The molecule has 1 heterocycles. The van der Waals surface area contributed by atoms with E-state index in [1.807, 2.05) is 12.1 Å². The number of aliphatic hydroxyl groups is 1. The van der Waals surface area contributed by atoms with E-state index >= 15 is 0 Å². The smallest absolute Gasteiger partial charge is 0.217 e. The zero-order chi connectivity index (χ0) is 14.0. The molecule has 1 aromatic carbocycles. The first-order chi connectivity index (χ1) is 8.97. The van der Waals surface area contributed by atoms with E-state index in [1.54, 1.807) is 13.0 Å². The Morgan fingerprint density at radius 1 is 1.58 bits per heavy atom. The molecule has 1 saturated heterocycles. The minimum atomic E-state index is -0.516. The first kappa shape index (κ1) is 14.2. The van der Waals surface area contributed by atoms with Gasteiger partial charge in [0.15, 0.2) is 0 Å². The average molecular weight is 283 g/mol. The summed E-state index contributed by atoms with van der Waals surface area (Å²) in [5.74, 6) is 0.00222. The quantitative estimate of drug-likeness (QED) is 0.893. The van der Waals surface area contributed by atoms with E-state index in [4.69, 9.17) is 11.6 Å². The summed E-state index contributed by atoms with van der Waals surface area (Å²) < 4.78 is 0. The summed E-state index contributed by atoms with van der Waals surface area (Å²) in [6, 6.07) is 5.80. The van der Waals surface area contributed by atoms with E-state index < -0.39 is 6.10 Å². The highest BCUT2D eigenvalue weighted by atomic mass is 35.5. The molecule has 0 radical (unpaired) electrons. The molecular formula is C14H19ClN2O2. The van der Waals surface area contributed by atoms with Gasteiger partial charge in [-0.2, -0.15) is 0 Å². The van der Waals surface area contributed by atoms with Crippen molar-refractivity contribution in [1.29, 1.82) is 0 Å². The SMILES string of the molecule is CC(=O)NC1CCN(c2ccc([C@H](C)O)cc2Cl)C1. The van der Waals surface area contributed by atoms with Crippen molar-refractivity contribution in [1.82, 2.24) is 5.32 Å². The largest absolute Gasteiger partial charge is 0.389 e. The maximum Gasteiger partial charge on any atom is 0.217 e. The van der Waals surface area contributed by atoms with E-state index in [2.05, 4.69) is 10.2 Å². The van der Waals surface area contributed by atoms with Crippen molar-refractivity contribution in [3.63, 3.8) is 0 Å². The molecule has 0 aliphatic carbocycles. The highest BCUT2D eigenvalue weighted by molar-refractivity contribution is 6.33. The molecule has 1 unspecified atom stereocenters. The molecule has 2 rings (SSSR count). The summed E-state index contributed by atoms with van der Waals surface area (Å²) in [6.07, 6.45) is 0.408. The van der Waals surface area contributed by atoms with Gasteiger partial charge >= 0.3 is 0 Å². The Morgan fingerprint density at radius 3 is 2.89 bits per heavy atom. The van der Waals surface area contributed by atoms with Crippen molar-refractivity contribution >= 4 is 23.2 Å². The topological polar surface area (TPSA) is 52.6 Å². The maximum atomic E-state index is 11.0. The Labute approximate surface area is 118 Å². The van der Waals surface area contributed by atoms with Crippen LogP contribution in [-0.4, -0.2) is 30.1 Å². The zero-order valence-electron chi connectivity index (χ0n) is 11.2. The third kappa shape index (κ3) is 3.39. The van der Waals surface area contributed by atoms with Gasteiger partial charge in [0, 0.05) is 26.1 Å². The first-order valence-electron chi connectivity index (χ1n) is 6.47. The number of hydrogen-bond donors (Lipinski definition) is 2. The summed E-state index contributed by atoms with van der Waals surface area (Å²) in [7, 11) is 0. The second kappa shape index (κ2) is 5.80. The number of amides is 1. The van der Waals surface area contributed by atoms with Gasteiger partial charge in [0.25, 0.3) is 0 Å². The predicted molar refractivity (Wildman–Crippen MR) is 76.5 cm³/mol. The van der Waals surface area contributed by atoms with Gasteiger partial charge in [-0.15, -0.1) is 0 Å². The van der Waals surface area contributed by atoms with E-state index in [1.165, 1.54) is 6.92 Å². The van der Waals surface area contributed by atoms with Gasteiger partial charge in [-0.3, -0.25) is 4.79 Å². The van der Waals surface area contributed by atoms with Gasteiger partial charge in [0.2, 0.25) is 5.91 Å². The minimum Gasteiger partial charge on any atom is -0.389 e. The van der Waals surface area contributed by atoms with Crippen molar-refractivity contribution in [3.05, 3.63) is 28.8 Å². The Kier molecular flexibility index (Phi) is 4.32. The lowest BCUT2D eigenvalue weighted by Crippen LogP contribution is -2.35. The lowest BCUT2D eigenvalue weighted by atomic mass is 10.1. The molecule has 1 aromatic rings. The van der Waals surface area contributed by atoms with Crippen LogP contribution in [-0.2, 0) is 4.79 Å². The van der Waals surface area contributed by atoms with E-state index in [0.717, 1.165) is 30.8 Å². The molecule has 0 saturated carbocycles. The second-order valence-corrected chi connectivity index (χ2v) is 5.43. The number of carbonyl (C=O) groups is 1. The summed E-state index contributed by atoms with van der Waals surface area (Å²) in [5.41, 5.74) is 1.77. The van der Waals surface area contributed by atoms with Crippen LogP contribution in [0, 0.1) is 0 Å². The zero-order valence-corrected chi connectivity index (χ0v) is 11.9. The third-order valence-corrected chi connectivity index (χ3v) is 3.69. The van der Waals surface area contributed by atoms with Crippen LogP contribution in [0.3, 0.4) is 0 Å². The van der Waals surface area contributed by atoms with Crippen LogP contribution in [0.25, 0.3) is 0 Å². The summed E-state index contributed by atoms with van der Waals surface area (Å²) in [4.78, 5) is 13.2. The van der Waals surface area contributed by atoms with Gasteiger partial charge < -0.3 is 15.3 Å². The number of nitrogens with one attached hydrogen (secondary N) is 1. The number of benzene rings is 1. The van der Waals surface area contributed by atoms with Crippen molar-refractivity contribution in [2.45, 2.75) is 32.4 Å². The standard InChI is InChI=1S/C14H19ClN2O2/c1-9(18)11-3-4-14(13(15)7-11)17-6-5-12(8-17)16-10(2)19/h3-4,7,9,12,18H,5-6,8H2,1-2H3,(H,16,19)/t9-,12?/m0/s1. The molecular weight excluding hydrogens is 264 g/mol. The van der Waals surface area contributed by atoms with E-state index in [0.29, 0.717) is 5.02 Å². The average Bonchev–Trinajstić information content (AvgIpc) is 2.76. The van der Waals surface area contributed by atoms with Crippen LogP contribution in [0.5, 0.6) is 0 Å². The van der Waals surface area contributed by atoms with Crippen molar-refractivity contribution in [2.75, 3.05) is 18.0 Å². The van der Waals surface area contributed by atoms with Crippen molar-refractivity contribution in [3.8, 4) is 0 Å². The van der Waals surface area contributed by atoms with Crippen molar-refractivity contribution < 1.29 is 9.90 Å². The third-order valence-electron chi connectivity index (χ3n) is 3.39. The lowest BCUT2D eigenvalue weighted by molar-refractivity contribution is -0.119. The van der Waals surface area contributed by atoms with Crippen LogP contribution < -0.4 is 10.2 Å². The monoisotopic (exact) mass is 282 g/mol. The highest BCUT2D eigenvalue weighted by Crippen LogP contribution is 2.31. The van der Waals surface area contributed by atoms with Crippen LogP contribution in [0.15, 0.2) is 18.2 Å². The maximum absolute atomic E-state index is 11.0. The number of aliphatic hydroxyl groups excluding tert-OH is 1. The molecule has 1 fully saturated rings. The van der Waals surface area contributed by atoms with E-state index in [-0.39, 0.29) is 11.9 Å².